The van der Waals surface area contributed by atoms with Crippen LogP contribution in [0, 0.1) is 17.8 Å². The maximum atomic E-state index is 3.80. The van der Waals surface area contributed by atoms with Crippen LogP contribution >= 0.6 is 0 Å². The van der Waals surface area contributed by atoms with Crippen LogP contribution in [-0.4, -0.2) is 37.1 Å². The predicted octanol–water partition coefficient (Wildman–Crippen LogP) is 2.99. The zero-order valence-corrected chi connectivity index (χ0v) is 12.5. The molecular formula is C15H32N2. The van der Waals surface area contributed by atoms with Gasteiger partial charge < -0.3 is 10.2 Å². The summed E-state index contributed by atoms with van der Waals surface area (Å²) >= 11 is 0. The van der Waals surface area contributed by atoms with E-state index < -0.39 is 0 Å². The number of nitrogens with one attached hydrogen (secondary N) is 1. The Bertz CT molecular complexity index is 185. The molecule has 2 nitrogen and oxygen atoms in total. The average molecular weight is 240 g/mol. The molecule has 102 valence electrons. The first-order valence-corrected chi connectivity index (χ1v) is 7.50. The minimum absolute atomic E-state index is 0.762. The van der Waals surface area contributed by atoms with Crippen LogP contribution in [-0.2, 0) is 0 Å². The Balaban J connectivity index is 2.26. The fourth-order valence-electron chi connectivity index (χ4n) is 3.00. The lowest BCUT2D eigenvalue weighted by Crippen LogP contribution is -2.44. The number of hydrogen-bond acceptors (Lipinski definition) is 2. The van der Waals surface area contributed by atoms with Crippen LogP contribution < -0.4 is 5.32 Å². The molecule has 2 heteroatoms. The Labute approximate surface area is 108 Å². The molecule has 1 aliphatic rings. The fraction of sp³-hybridized carbons (Fsp3) is 1.00. The summed E-state index contributed by atoms with van der Waals surface area (Å²) in [6.07, 6.45) is 2.66. The Morgan fingerprint density at radius 3 is 2.00 bits per heavy atom. The molecule has 0 aromatic heterocycles. The van der Waals surface area contributed by atoms with Crippen molar-refractivity contribution in [2.45, 2.75) is 53.5 Å². The van der Waals surface area contributed by atoms with Gasteiger partial charge in [0.05, 0.1) is 0 Å². The Hall–Kier alpha value is -0.0800. The normalized spacial score (nSPS) is 19.8. The van der Waals surface area contributed by atoms with E-state index in [1.54, 1.807) is 0 Å². The third-order valence-electron chi connectivity index (χ3n) is 4.39. The van der Waals surface area contributed by atoms with Crippen molar-refractivity contribution in [1.29, 1.82) is 0 Å². The van der Waals surface area contributed by atoms with E-state index in [1.165, 1.54) is 39.0 Å². The van der Waals surface area contributed by atoms with Crippen LogP contribution in [0.15, 0.2) is 0 Å². The van der Waals surface area contributed by atoms with Crippen molar-refractivity contribution < 1.29 is 0 Å². The minimum Gasteiger partial charge on any atom is -0.314 e. The number of rotatable bonds is 6. The summed E-state index contributed by atoms with van der Waals surface area (Å²) in [7, 11) is 0. The van der Waals surface area contributed by atoms with Crippen molar-refractivity contribution in [3.05, 3.63) is 0 Å². The maximum Gasteiger partial charge on any atom is 0.00915 e. The van der Waals surface area contributed by atoms with E-state index >= 15 is 0 Å². The third kappa shape index (κ3) is 4.97. The Kier molecular flexibility index (Phi) is 6.50. The SMILES string of the molecule is CCN1CCC(NCC(C(C)C)C(C)C)CC1. The molecule has 1 saturated heterocycles. The molecule has 1 heterocycles. The zero-order valence-electron chi connectivity index (χ0n) is 12.5. The lowest BCUT2D eigenvalue weighted by molar-refractivity contribution is 0.191. The summed E-state index contributed by atoms with van der Waals surface area (Å²) in [4.78, 5) is 2.56. The lowest BCUT2D eigenvalue weighted by Gasteiger charge is -2.34. The number of hydrogen-bond donors (Lipinski definition) is 1. The molecule has 0 saturated carbocycles. The first-order chi connectivity index (χ1) is 8.04. The number of likely N-dealkylation sites (tertiary alicyclic amines) is 1. The van der Waals surface area contributed by atoms with Crippen LogP contribution in [0.3, 0.4) is 0 Å². The van der Waals surface area contributed by atoms with E-state index in [-0.39, 0.29) is 0 Å². The van der Waals surface area contributed by atoms with E-state index in [1.807, 2.05) is 0 Å². The molecule has 1 fully saturated rings. The van der Waals surface area contributed by atoms with Crippen LogP contribution in [0.25, 0.3) is 0 Å². The zero-order chi connectivity index (χ0) is 12.8. The first kappa shape index (κ1) is 15.0. The molecule has 0 aromatic rings. The smallest absolute Gasteiger partial charge is 0.00915 e. The maximum absolute atomic E-state index is 3.80. The van der Waals surface area contributed by atoms with Gasteiger partial charge in [0.15, 0.2) is 0 Å². The summed E-state index contributed by atoms with van der Waals surface area (Å²) in [6.45, 7) is 16.7. The summed E-state index contributed by atoms with van der Waals surface area (Å²) in [5.41, 5.74) is 0. The predicted molar refractivity (Wildman–Crippen MR) is 76.3 cm³/mol. The van der Waals surface area contributed by atoms with E-state index in [9.17, 15) is 0 Å². The van der Waals surface area contributed by atoms with Crippen molar-refractivity contribution >= 4 is 0 Å². The van der Waals surface area contributed by atoms with Gasteiger partial charge in [0.1, 0.15) is 0 Å². The average Bonchev–Trinajstić information content (AvgIpc) is 2.29. The molecule has 1 N–H and O–H groups in total. The molecule has 0 bridgehead atoms. The first-order valence-electron chi connectivity index (χ1n) is 7.50. The highest BCUT2D eigenvalue weighted by Crippen LogP contribution is 2.20. The molecule has 1 aliphatic heterocycles. The van der Waals surface area contributed by atoms with Crippen molar-refractivity contribution in [2.75, 3.05) is 26.2 Å². The largest absolute Gasteiger partial charge is 0.314 e. The molecule has 0 spiro atoms. The fourth-order valence-corrected chi connectivity index (χ4v) is 3.00. The lowest BCUT2D eigenvalue weighted by atomic mass is 9.85. The van der Waals surface area contributed by atoms with E-state index in [4.69, 9.17) is 0 Å². The van der Waals surface area contributed by atoms with Gasteiger partial charge in [0.2, 0.25) is 0 Å². The van der Waals surface area contributed by atoms with E-state index in [0.717, 1.165) is 23.8 Å². The van der Waals surface area contributed by atoms with Crippen LogP contribution in [0.4, 0.5) is 0 Å². The molecular weight excluding hydrogens is 208 g/mol. The summed E-state index contributed by atoms with van der Waals surface area (Å²) in [5.74, 6) is 2.40. The highest BCUT2D eigenvalue weighted by atomic mass is 15.1. The van der Waals surface area contributed by atoms with Gasteiger partial charge in [-0.25, -0.2) is 0 Å². The van der Waals surface area contributed by atoms with Gasteiger partial charge in [0.25, 0.3) is 0 Å². The molecule has 0 atom stereocenters. The topological polar surface area (TPSA) is 15.3 Å². The van der Waals surface area contributed by atoms with E-state index in [2.05, 4.69) is 44.8 Å². The standard InChI is InChI=1S/C15H32N2/c1-6-17-9-7-14(8-10-17)16-11-15(12(2)3)13(4)5/h12-16H,6-11H2,1-5H3. The number of nitrogens with zero attached hydrogens (tertiary/aromatic N) is 1. The Morgan fingerprint density at radius 2 is 1.59 bits per heavy atom. The number of piperidine rings is 1. The van der Waals surface area contributed by atoms with Crippen LogP contribution in [0.2, 0.25) is 0 Å². The van der Waals surface area contributed by atoms with Crippen LogP contribution in [0.1, 0.15) is 47.5 Å². The van der Waals surface area contributed by atoms with Crippen molar-refractivity contribution in [1.82, 2.24) is 10.2 Å². The van der Waals surface area contributed by atoms with Gasteiger partial charge in [-0.15, -0.1) is 0 Å². The molecule has 0 unspecified atom stereocenters. The van der Waals surface area contributed by atoms with Crippen molar-refractivity contribution in [3.63, 3.8) is 0 Å². The van der Waals surface area contributed by atoms with Crippen molar-refractivity contribution in [2.24, 2.45) is 17.8 Å². The van der Waals surface area contributed by atoms with Gasteiger partial charge >= 0.3 is 0 Å². The summed E-state index contributed by atoms with van der Waals surface area (Å²) < 4.78 is 0. The summed E-state index contributed by atoms with van der Waals surface area (Å²) in [6, 6.07) is 0.762. The van der Waals surface area contributed by atoms with E-state index in [0.29, 0.717) is 0 Å². The molecule has 0 aromatic carbocycles. The third-order valence-corrected chi connectivity index (χ3v) is 4.39. The molecule has 17 heavy (non-hydrogen) atoms. The highest BCUT2D eigenvalue weighted by molar-refractivity contribution is 4.79. The van der Waals surface area contributed by atoms with Gasteiger partial charge in [-0.2, -0.15) is 0 Å². The molecule has 0 amide bonds. The summed E-state index contributed by atoms with van der Waals surface area (Å²) in [5, 5.41) is 3.80. The second kappa shape index (κ2) is 7.38. The van der Waals surface area contributed by atoms with Gasteiger partial charge in [0, 0.05) is 6.04 Å². The van der Waals surface area contributed by atoms with Gasteiger partial charge in [-0.3, -0.25) is 0 Å². The second-order valence-electron chi connectivity index (χ2n) is 6.27. The van der Waals surface area contributed by atoms with Crippen LogP contribution in [0.5, 0.6) is 0 Å². The van der Waals surface area contributed by atoms with Gasteiger partial charge in [-0.05, 0) is 56.8 Å². The highest BCUT2D eigenvalue weighted by Gasteiger charge is 2.21. The monoisotopic (exact) mass is 240 g/mol. The molecule has 1 rings (SSSR count). The Morgan fingerprint density at radius 1 is 1.06 bits per heavy atom. The minimum atomic E-state index is 0.762. The quantitative estimate of drug-likeness (QED) is 0.768. The van der Waals surface area contributed by atoms with Crippen molar-refractivity contribution in [3.8, 4) is 0 Å². The molecule has 0 radical (unpaired) electrons. The second-order valence-corrected chi connectivity index (χ2v) is 6.27. The van der Waals surface area contributed by atoms with Gasteiger partial charge in [-0.1, -0.05) is 34.6 Å². The molecule has 0 aliphatic carbocycles.